The predicted octanol–water partition coefficient (Wildman–Crippen LogP) is 3.42. The van der Waals surface area contributed by atoms with Crippen LogP contribution in [0.3, 0.4) is 0 Å². The summed E-state index contributed by atoms with van der Waals surface area (Å²) in [6.45, 7) is 10.8. The number of hydrogen-bond donors (Lipinski definition) is 1. The standard InChI is InChI=1S/C24H31N3O2/c1-17(2)22-13-19(6-7-23(22)28)24(29)27-15-20-5-4-18(12-21(20)16-27)14-26-10-8-25(3)9-11-26/h4-7,12-13,17,28H,8-11,14-16H2,1-3H3. The molecule has 154 valence electrons. The van der Waals surface area contributed by atoms with Crippen molar-refractivity contribution in [2.75, 3.05) is 33.2 Å². The molecule has 0 saturated carbocycles. The summed E-state index contributed by atoms with van der Waals surface area (Å²) in [4.78, 5) is 19.8. The fourth-order valence-electron chi connectivity index (χ4n) is 4.29. The minimum absolute atomic E-state index is 0.0312. The quantitative estimate of drug-likeness (QED) is 0.865. The van der Waals surface area contributed by atoms with Crippen molar-refractivity contribution in [1.82, 2.24) is 14.7 Å². The molecule has 5 heteroatoms. The van der Waals surface area contributed by atoms with Crippen LogP contribution in [0.4, 0.5) is 0 Å². The van der Waals surface area contributed by atoms with Gasteiger partial charge in [-0.05, 0) is 53.4 Å². The Hall–Kier alpha value is -2.37. The van der Waals surface area contributed by atoms with E-state index in [1.54, 1.807) is 12.1 Å². The van der Waals surface area contributed by atoms with Crippen molar-refractivity contribution in [1.29, 1.82) is 0 Å². The lowest BCUT2D eigenvalue weighted by Crippen LogP contribution is -2.43. The molecule has 5 nitrogen and oxygen atoms in total. The first-order valence-corrected chi connectivity index (χ1v) is 10.5. The van der Waals surface area contributed by atoms with E-state index in [0.29, 0.717) is 18.7 Å². The van der Waals surface area contributed by atoms with Crippen LogP contribution >= 0.6 is 0 Å². The largest absolute Gasteiger partial charge is 0.508 e. The number of likely N-dealkylation sites (N-methyl/N-ethyl adjacent to an activating group) is 1. The van der Waals surface area contributed by atoms with E-state index in [1.807, 2.05) is 24.8 Å². The summed E-state index contributed by atoms with van der Waals surface area (Å²) in [7, 11) is 2.18. The monoisotopic (exact) mass is 393 g/mol. The number of piperazine rings is 1. The molecule has 2 aromatic carbocycles. The highest BCUT2D eigenvalue weighted by Gasteiger charge is 2.25. The molecular formula is C24H31N3O2. The summed E-state index contributed by atoms with van der Waals surface area (Å²) < 4.78 is 0. The van der Waals surface area contributed by atoms with Crippen LogP contribution in [0.5, 0.6) is 5.75 Å². The number of benzene rings is 2. The molecule has 2 heterocycles. The van der Waals surface area contributed by atoms with Crippen molar-refractivity contribution in [3.05, 3.63) is 64.2 Å². The first-order chi connectivity index (χ1) is 13.9. The van der Waals surface area contributed by atoms with Crippen molar-refractivity contribution < 1.29 is 9.90 Å². The van der Waals surface area contributed by atoms with Crippen LogP contribution in [-0.2, 0) is 19.6 Å². The first-order valence-electron chi connectivity index (χ1n) is 10.5. The number of hydrogen-bond acceptors (Lipinski definition) is 4. The smallest absolute Gasteiger partial charge is 0.254 e. The third-order valence-corrected chi connectivity index (χ3v) is 6.18. The normalized spacial score (nSPS) is 17.7. The molecule has 1 N–H and O–H groups in total. The van der Waals surface area contributed by atoms with E-state index in [-0.39, 0.29) is 17.6 Å². The molecule has 1 amide bonds. The Morgan fingerprint density at radius 3 is 2.45 bits per heavy atom. The highest BCUT2D eigenvalue weighted by Crippen LogP contribution is 2.29. The molecule has 2 aliphatic rings. The van der Waals surface area contributed by atoms with Crippen LogP contribution < -0.4 is 0 Å². The Morgan fingerprint density at radius 2 is 1.72 bits per heavy atom. The van der Waals surface area contributed by atoms with Crippen molar-refractivity contribution in [3.63, 3.8) is 0 Å². The zero-order chi connectivity index (χ0) is 20.5. The van der Waals surface area contributed by atoms with Gasteiger partial charge in [-0.3, -0.25) is 9.69 Å². The van der Waals surface area contributed by atoms with E-state index >= 15 is 0 Å². The van der Waals surface area contributed by atoms with Gasteiger partial charge in [-0.25, -0.2) is 0 Å². The fraction of sp³-hybridized carbons (Fsp3) is 0.458. The van der Waals surface area contributed by atoms with Gasteiger partial charge in [0.15, 0.2) is 0 Å². The van der Waals surface area contributed by atoms with Crippen molar-refractivity contribution >= 4 is 5.91 Å². The third kappa shape index (κ3) is 4.31. The third-order valence-electron chi connectivity index (χ3n) is 6.18. The van der Waals surface area contributed by atoms with Gasteiger partial charge >= 0.3 is 0 Å². The lowest BCUT2D eigenvalue weighted by molar-refractivity contribution is 0.0751. The summed E-state index contributed by atoms with van der Waals surface area (Å²) in [6.07, 6.45) is 0. The van der Waals surface area contributed by atoms with E-state index in [4.69, 9.17) is 0 Å². The van der Waals surface area contributed by atoms with Gasteiger partial charge in [-0.2, -0.15) is 0 Å². The predicted molar refractivity (Wildman–Crippen MR) is 115 cm³/mol. The molecule has 0 atom stereocenters. The SMILES string of the molecule is CC(C)c1cc(C(=O)N2Cc3ccc(CN4CCN(C)CC4)cc3C2)ccc1O. The number of phenols is 1. The summed E-state index contributed by atoms with van der Waals surface area (Å²) in [5.74, 6) is 0.467. The second-order valence-electron chi connectivity index (χ2n) is 8.77. The first kappa shape index (κ1) is 19.9. The number of amides is 1. The molecule has 0 spiro atoms. The molecule has 0 aromatic heterocycles. The molecule has 1 fully saturated rings. The summed E-state index contributed by atoms with van der Waals surface area (Å²) in [5, 5.41) is 10.0. The van der Waals surface area contributed by atoms with Gasteiger partial charge in [0, 0.05) is 51.4 Å². The second kappa shape index (κ2) is 8.17. The number of carbonyl (C=O) groups is 1. The van der Waals surface area contributed by atoms with Crippen LogP contribution in [-0.4, -0.2) is 58.9 Å². The van der Waals surface area contributed by atoms with Crippen molar-refractivity contribution in [2.24, 2.45) is 0 Å². The Kier molecular flexibility index (Phi) is 5.61. The minimum atomic E-state index is 0.0312. The molecule has 29 heavy (non-hydrogen) atoms. The fourth-order valence-corrected chi connectivity index (χ4v) is 4.29. The van der Waals surface area contributed by atoms with E-state index < -0.39 is 0 Å². The zero-order valence-electron chi connectivity index (χ0n) is 17.7. The van der Waals surface area contributed by atoms with Crippen molar-refractivity contribution in [3.8, 4) is 5.75 Å². The summed E-state index contributed by atoms with van der Waals surface area (Å²) in [5.41, 5.74) is 5.30. The molecule has 0 bridgehead atoms. The summed E-state index contributed by atoms with van der Waals surface area (Å²) in [6, 6.07) is 11.9. The lowest BCUT2D eigenvalue weighted by Gasteiger charge is -2.32. The van der Waals surface area contributed by atoms with E-state index in [9.17, 15) is 9.90 Å². The average Bonchev–Trinajstić information content (AvgIpc) is 3.13. The van der Waals surface area contributed by atoms with Crippen LogP contribution in [0.25, 0.3) is 0 Å². The van der Waals surface area contributed by atoms with Gasteiger partial charge in [0.2, 0.25) is 0 Å². The van der Waals surface area contributed by atoms with E-state index in [0.717, 1.165) is 38.3 Å². The van der Waals surface area contributed by atoms with Crippen LogP contribution in [0.15, 0.2) is 36.4 Å². The summed E-state index contributed by atoms with van der Waals surface area (Å²) >= 11 is 0. The van der Waals surface area contributed by atoms with Gasteiger partial charge < -0.3 is 14.9 Å². The molecular weight excluding hydrogens is 362 g/mol. The van der Waals surface area contributed by atoms with Crippen LogP contribution in [0.1, 0.15) is 52.4 Å². The molecule has 2 aromatic rings. The Morgan fingerprint density at radius 1 is 1.00 bits per heavy atom. The van der Waals surface area contributed by atoms with Crippen molar-refractivity contribution in [2.45, 2.75) is 39.4 Å². The van der Waals surface area contributed by atoms with Gasteiger partial charge in [-0.1, -0.05) is 32.0 Å². The maximum absolute atomic E-state index is 13.1. The number of aromatic hydroxyl groups is 1. The van der Waals surface area contributed by atoms with Gasteiger partial charge in [0.25, 0.3) is 5.91 Å². The minimum Gasteiger partial charge on any atom is -0.508 e. The number of phenolic OH excluding ortho intramolecular Hbond substituents is 1. The molecule has 0 radical (unpaired) electrons. The maximum Gasteiger partial charge on any atom is 0.254 e. The maximum atomic E-state index is 13.1. The topological polar surface area (TPSA) is 47.0 Å². The lowest BCUT2D eigenvalue weighted by atomic mass is 9.99. The van der Waals surface area contributed by atoms with Gasteiger partial charge in [-0.15, -0.1) is 0 Å². The molecule has 0 aliphatic carbocycles. The second-order valence-corrected chi connectivity index (χ2v) is 8.77. The van der Waals surface area contributed by atoms with Gasteiger partial charge in [0.1, 0.15) is 5.75 Å². The average molecular weight is 394 g/mol. The number of rotatable bonds is 4. The number of nitrogens with zero attached hydrogens (tertiary/aromatic N) is 3. The highest BCUT2D eigenvalue weighted by atomic mass is 16.3. The molecule has 4 rings (SSSR count). The van der Waals surface area contributed by atoms with Gasteiger partial charge in [0.05, 0.1) is 0 Å². The zero-order valence-corrected chi connectivity index (χ0v) is 17.7. The number of fused-ring (bicyclic) bond motifs is 1. The Labute approximate surface area is 173 Å². The highest BCUT2D eigenvalue weighted by molar-refractivity contribution is 5.95. The Balaban J connectivity index is 1.45. The number of carbonyl (C=O) groups excluding carboxylic acids is 1. The van der Waals surface area contributed by atoms with E-state index in [1.165, 1.54) is 16.7 Å². The molecule has 1 saturated heterocycles. The van der Waals surface area contributed by atoms with Crippen LogP contribution in [0, 0.1) is 0 Å². The van der Waals surface area contributed by atoms with Crippen LogP contribution in [0.2, 0.25) is 0 Å². The molecule has 0 unspecified atom stereocenters. The molecule has 2 aliphatic heterocycles. The van der Waals surface area contributed by atoms with E-state index in [2.05, 4.69) is 35.0 Å². The Bertz CT molecular complexity index is 901.